The molecule has 0 aromatic rings. The second-order valence-corrected chi connectivity index (χ2v) is 4.67. The quantitative estimate of drug-likeness (QED) is 0.578. The van der Waals surface area contributed by atoms with Gasteiger partial charge in [0.1, 0.15) is 0 Å². The Labute approximate surface area is 85.9 Å². The first kappa shape index (κ1) is 13.4. The number of aliphatic hydroxyl groups excluding tert-OH is 1. The predicted molar refractivity (Wildman–Crippen MR) is 56.8 cm³/mol. The summed E-state index contributed by atoms with van der Waals surface area (Å²) in [7, 11) is 0. The molecule has 1 atom stereocenters. The summed E-state index contributed by atoms with van der Waals surface area (Å²) < 4.78 is 0. The SMILES string of the molecule is CCC(C)(CO)CNC(C)(C)C(N)=O. The van der Waals surface area contributed by atoms with E-state index in [0.29, 0.717) is 6.54 Å². The molecule has 0 aromatic carbocycles. The first-order valence-corrected chi connectivity index (χ1v) is 4.93. The third-order valence-electron chi connectivity index (χ3n) is 2.81. The van der Waals surface area contributed by atoms with Crippen LogP contribution >= 0.6 is 0 Å². The lowest BCUT2D eigenvalue weighted by Crippen LogP contribution is -2.53. The van der Waals surface area contributed by atoms with Gasteiger partial charge in [-0.3, -0.25) is 4.79 Å². The Morgan fingerprint density at radius 1 is 1.43 bits per heavy atom. The van der Waals surface area contributed by atoms with Gasteiger partial charge in [-0.15, -0.1) is 0 Å². The number of amides is 1. The first-order chi connectivity index (χ1) is 6.27. The van der Waals surface area contributed by atoms with Crippen LogP contribution in [0.25, 0.3) is 0 Å². The van der Waals surface area contributed by atoms with Crippen molar-refractivity contribution >= 4 is 5.91 Å². The van der Waals surface area contributed by atoms with Gasteiger partial charge in [-0.05, 0) is 20.3 Å². The number of primary amides is 1. The summed E-state index contributed by atoms with van der Waals surface area (Å²) in [6.45, 7) is 8.14. The Morgan fingerprint density at radius 3 is 2.21 bits per heavy atom. The van der Waals surface area contributed by atoms with Gasteiger partial charge in [0, 0.05) is 18.6 Å². The molecule has 0 fully saturated rings. The average Bonchev–Trinajstić information content (AvgIpc) is 2.14. The van der Waals surface area contributed by atoms with Crippen LogP contribution in [0.4, 0.5) is 0 Å². The summed E-state index contributed by atoms with van der Waals surface area (Å²) in [5, 5.41) is 12.2. The molecule has 0 bridgehead atoms. The molecule has 4 N–H and O–H groups in total. The summed E-state index contributed by atoms with van der Waals surface area (Å²) in [5.74, 6) is -0.381. The molecule has 1 unspecified atom stereocenters. The summed E-state index contributed by atoms with van der Waals surface area (Å²) in [6.07, 6.45) is 0.853. The third kappa shape index (κ3) is 3.64. The van der Waals surface area contributed by atoms with Crippen molar-refractivity contribution in [1.29, 1.82) is 0 Å². The van der Waals surface area contributed by atoms with Crippen molar-refractivity contribution in [2.75, 3.05) is 13.2 Å². The van der Waals surface area contributed by atoms with Crippen LogP contribution in [0, 0.1) is 5.41 Å². The number of nitrogens with two attached hydrogens (primary N) is 1. The van der Waals surface area contributed by atoms with Crippen molar-refractivity contribution < 1.29 is 9.90 Å². The van der Waals surface area contributed by atoms with Crippen LogP contribution in [0.3, 0.4) is 0 Å². The summed E-state index contributed by atoms with van der Waals surface area (Å²) in [4.78, 5) is 11.0. The van der Waals surface area contributed by atoms with E-state index in [-0.39, 0.29) is 17.9 Å². The first-order valence-electron chi connectivity index (χ1n) is 4.93. The lowest BCUT2D eigenvalue weighted by molar-refractivity contribution is -0.123. The molecule has 84 valence electrons. The van der Waals surface area contributed by atoms with Crippen LogP contribution in [0.2, 0.25) is 0 Å². The number of carbonyl (C=O) groups is 1. The zero-order valence-corrected chi connectivity index (χ0v) is 9.55. The lowest BCUT2D eigenvalue weighted by atomic mass is 9.87. The molecule has 0 spiro atoms. The van der Waals surface area contributed by atoms with E-state index in [1.54, 1.807) is 13.8 Å². The molecule has 0 saturated carbocycles. The van der Waals surface area contributed by atoms with Crippen molar-refractivity contribution in [3.05, 3.63) is 0 Å². The number of rotatable bonds is 6. The smallest absolute Gasteiger partial charge is 0.237 e. The summed E-state index contributed by atoms with van der Waals surface area (Å²) in [6, 6.07) is 0. The van der Waals surface area contributed by atoms with Gasteiger partial charge >= 0.3 is 0 Å². The zero-order chi connectivity index (χ0) is 11.4. The van der Waals surface area contributed by atoms with Crippen molar-refractivity contribution in [1.82, 2.24) is 5.32 Å². The Bertz CT molecular complexity index is 198. The Kier molecular flexibility index (Phi) is 4.55. The molecule has 4 heteroatoms. The molecular weight excluding hydrogens is 180 g/mol. The zero-order valence-electron chi connectivity index (χ0n) is 9.55. The van der Waals surface area contributed by atoms with Gasteiger partial charge in [-0.1, -0.05) is 13.8 Å². The molecule has 0 saturated heterocycles. The van der Waals surface area contributed by atoms with Crippen LogP contribution in [0.15, 0.2) is 0 Å². The van der Waals surface area contributed by atoms with Gasteiger partial charge in [0.25, 0.3) is 0 Å². The van der Waals surface area contributed by atoms with Gasteiger partial charge in [-0.25, -0.2) is 0 Å². The number of hydrogen-bond donors (Lipinski definition) is 3. The number of aliphatic hydroxyl groups is 1. The molecule has 1 amide bonds. The van der Waals surface area contributed by atoms with Crippen LogP contribution < -0.4 is 11.1 Å². The van der Waals surface area contributed by atoms with Gasteiger partial charge < -0.3 is 16.2 Å². The fraction of sp³-hybridized carbons (Fsp3) is 0.900. The second-order valence-electron chi connectivity index (χ2n) is 4.67. The molecule has 0 rings (SSSR count). The summed E-state index contributed by atoms with van der Waals surface area (Å²) >= 11 is 0. The highest BCUT2D eigenvalue weighted by Crippen LogP contribution is 2.19. The van der Waals surface area contributed by atoms with Gasteiger partial charge in [0.15, 0.2) is 0 Å². The molecule has 0 heterocycles. The van der Waals surface area contributed by atoms with E-state index in [1.807, 2.05) is 13.8 Å². The molecule has 0 aromatic heterocycles. The lowest BCUT2D eigenvalue weighted by Gasteiger charge is -2.31. The van der Waals surface area contributed by atoms with Crippen molar-refractivity contribution in [3.8, 4) is 0 Å². The average molecular weight is 202 g/mol. The van der Waals surface area contributed by atoms with Crippen molar-refractivity contribution in [2.24, 2.45) is 11.1 Å². The largest absolute Gasteiger partial charge is 0.396 e. The highest BCUT2D eigenvalue weighted by atomic mass is 16.3. The predicted octanol–water partition coefficient (Wildman–Crippen LogP) is 0.248. The maximum atomic E-state index is 11.0. The standard InChI is InChI=1S/C10H22N2O2/c1-5-10(4,7-13)6-12-9(2,3)8(11)14/h12-13H,5-7H2,1-4H3,(H2,11,14). The van der Waals surface area contributed by atoms with Crippen molar-refractivity contribution in [2.45, 2.75) is 39.7 Å². The fourth-order valence-corrected chi connectivity index (χ4v) is 0.814. The van der Waals surface area contributed by atoms with Gasteiger partial charge in [0.05, 0.1) is 5.54 Å². The Morgan fingerprint density at radius 2 is 1.93 bits per heavy atom. The maximum Gasteiger partial charge on any atom is 0.237 e. The molecular formula is C10H22N2O2. The number of carbonyl (C=O) groups excluding carboxylic acids is 1. The molecule has 14 heavy (non-hydrogen) atoms. The van der Waals surface area contributed by atoms with Crippen LogP contribution in [0.1, 0.15) is 34.1 Å². The minimum Gasteiger partial charge on any atom is -0.396 e. The van der Waals surface area contributed by atoms with E-state index in [0.717, 1.165) is 6.42 Å². The summed E-state index contributed by atoms with van der Waals surface area (Å²) in [5.41, 5.74) is 4.31. The van der Waals surface area contributed by atoms with E-state index in [1.165, 1.54) is 0 Å². The molecule has 0 aliphatic carbocycles. The molecule has 4 nitrogen and oxygen atoms in total. The minimum atomic E-state index is -0.717. The monoisotopic (exact) mass is 202 g/mol. The Hall–Kier alpha value is -0.610. The van der Waals surface area contributed by atoms with Crippen molar-refractivity contribution in [3.63, 3.8) is 0 Å². The van der Waals surface area contributed by atoms with E-state index < -0.39 is 5.54 Å². The highest BCUT2D eigenvalue weighted by molar-refractivity contribution is 5.83. The van der Waals surface area contributed by atoms with Crippen LogP contribution in [0.5, 0.6) is 0 Å². The minimum absolute atomic E-state index is 0.103. The Balaban J connectivity index is 4.23. The third-order valence-corrected chi connectivity index (χ3v) is 2.81. The molecule has 0 aliphatic heterocycles. The number of hydrogen-bond acceptors (Lipinski definition) is 3. The van der Waals surface area contributed by atoms with E-state index in [4.69, 9.17) is 10.8 Å². The molecule has 0 radical (unpaired) electrons. The van der Waals surface area contributed by atoms with E-state index >= 15 is 0 Å². The van der Waals surface area contributed by atoms with Crippen LogP contribution in [-0.2, 0) is 4.79 Å². The molecule has 0 aliphatic rings. The number of nitrogens with one attached hydrogen (secondary N) is 1. The fourth-order valence-electron chi connectivity index (χ4n) is 0.814. The highest BCUT2D eigenvalue weighted by Gasteiger charge is 2.28. The van der Waals surface area contributed by atoms with E-state index in [2.05, 4.69) is 5.32 Å². The van der Waals surface area contributed by atoms with Gasteiger partial charge in [0.2, 0.25) is 5.91 Å². The van der Waals surface area contributed by atoms with Crippen LogP contribution in [-0.4, -0.2) is 29.7 Å². The van der Waals surface area contributed by atoms with E-state index in [9.17, 15) is 4.79 Å². The topological polar surface area (TPSA) is 75.3 Å². The second kappa shape index (κ2) is 4.75. The normalized spacial score (nSPS) is 16.4. The van der Waals surface area contributed by atoms with Gasteiger partial charge in [-0.2, -0.15) is 0 Å². The maximum absolute atomic E-state index is 11.0.